The Morgan fingerprint density at radius 2 is 1.78 bits per heavy atom. The third-order valence-electron chi connectivity index (χ3n) is 7.37. The number of nitrogens with zero attached hydrogens (tertiary/aromatic N) is 3. The van der Waals surface area contributed by atoms with Crippen LogP contribution in [0.2, 0.25) is 0 Å². The molecule has 1 saturated carbocycles. The van der Waals surface area contributed by atoms with Crippen LogP contribution in [0.5, 0.6) is 0 Å². The molecule has 4 aliphatic rings. The zero-order valence-electron chi connectivity index (χ0n) is 16.4. The molecule has 3 aliphatic heterocycles. The molecule has 3 saturated heterocycles. The Kier molecular flexibility index (Phi) is 4.78. The molecule has 0 unspecified atom stereocenters. The molecule has 8 heteroatoms. The molecule has 2 amide bonds. The van der Waals surface area contributed by atoms with Crippen molar-refractivity contribution in [3.05, 3.63) is 0 Å². The molecule has 4 rings (SSSR count). The number of rotatable bonds is 2. The van der Waals surface area contributed by atoms with Gasteiger partial charge in [-0.3, -0.25) is 9.59 Å². The van der Waals surface area contributed by atoms with Crippen molar-refractivity contribution in [1.82, 2.24) is 14.1 Å². The molecule has 1 aliphatic carbocycles. The Balaban J connectivity index is 1.61. The van der Waals surface area contributed by atoms with E-state index in [1.807, 2.05) is 9.80 Å². The van der Waals surface area contributed by atoms with Crippen molar-refractivity contribution >= 4 is 21.8 Å². The van der Waals surface area contributed by atoms with E-state index in [-0.39, 0.29) is 47.7 Å². The average molecular weight is 398 g/mol. The Morgan fingerprint density at radius 1 is 1.07 bits per heavy atom. The highest BCUT2D eigenvalue weighted by molar-refractivity contribution is 7.89. The molecule has 2 bridgehead atoms. The minimum atomic E-state index is -3.32. The van der Waals surface area contributed by atoms with Crippen molar-refractivity contribution < 1.29 is 18.0 Å². The Labute approximate surface area is 162 Å². The topological polar surface area (TPSA) is 78.0 Å². The fourth-order valence-electron chi connectivity index (χ4n) is 6.14. The molecule has 0 spiro atoms. The summed E-state index contributed by atoms with van der Waals surface area (Å²) in [7, 11) is -3.32. The molecule has 0 aromatic heterocycles. The lowest BCUT2D eigenvalue weighted by molar-refractivity contribution is -0.138. The van der Waals surface area contributed by atoms with Gasteiger partial charge < -0.3 is 9.80 Å². The third kappa shape index (κ3) is 3.09. The average Bonchev–Trinajstić information content (AvgIpc) is 2.71. The fourth-order valence-corrected chi connectivity index (χ4v) is 7.68. The summed E-state index contributed by atoms with van der Waals surface area (Å²) in [5, 5.41) is 0. The van der Waals surface area contributed by atoms with Crippen LogP contribution in [-0.2, 0) is 19.6 Å². The SMILES string of the molecule is CC(=O)N1C[C@@H]2C[C@@]3(C)[C@H](CCCC[C@@H]13)N2C(=O)CN1CCCCS1(=O)=O. The summed E-state index contributed by atoms with van der Waals surface area (Å²) in [6.45, 7) is 4.85. The van der Waals surface area contributed by atoms with Gasteiger partial charge in [-0.05, 0) is 32.1 Å². The standard InChI is InChI=1S/C19H31N3O4S/c1-14(23)21-12-15-11-19(2)16(21)7-3-4-8-17(19)22(15)18(24)13-20-9-5-6-10-27(20,25)26/h15-17H,3-13H2,1-2H3/t15-,16+,17-,19+/m0/s1. The number of fused-ring (bicyclic) bond motifs is 1. The number of hydrogen-bond acceptors (Lipinski definition) is 4. The van der Waals surface area contributed by atoms with Gasteiger partial charge in [-0.2, -0.15) is 4.31 Å². The second-order valence-corrected chi connectivity index (χ2v) is 11.1. The first-order valence-electron chi connectivity index (χ1n) is 10.3. The van der Waals surface area contributed by atoms with Gasteiger partial charge in [0.05, 0.1) is 18.3 Å². The largest absolute Gasteiger partial charge is 0.337 e. The molecule has 0 radical (unpaired) electrons. The van der Waals surface area contributed by atoms with Crippen molar-refractivity contribution in [3.63, 3.8) is 0 Å². The summed E-state index contributed by atoms with van der Waals surface area (Å²) >= 11 is 0. The molecule has 0 aromatic carbocycles. The highest BCUT2D eigenvalue weighted by Gasteiger charge is 2.60. The minimum absolute atomic E-state index is 0.0123. The zero-order chi connectivity index (χ0) is 19.4. The number of piperidine rings is 1. The normalized spacial score (nSPS) is 38.5. The number of hydrogen-bond donors (Lipinski definition) is 0. The van der Waals surface area contributed by atoms with E-state index >= 15 is 0 Å². The maximum atomic E-state index is 13.3. The molecule has 4 atom stereocenters. The van der Waals surface area contributed by atoms with Crippen molar-refractivity contribution in [2.24, 2.45) is 5.41 Å². The van der Waals surface area contributed by atoms with Gasteiger partial charge in [-0.1, -0.05) is 19.8 Å². The second kappa shape index (κ2) is 6.72. The lowest BCUT2D eigenvalue weighted by Crippen LogP contribution is -2.55. The van der Waals surface area contributed by atoms with Crippen molar-refractivity contribution in [2.75, 3.05) is 25.4 Å². The van der Waals surface area contributed by atoms with Crippen molar-refractivity contribution in [2.45, 2.75) is 76.9 Å². The van der Waals surface area contributed by atoms with Crippen LogP contribution in [0.1, 0.15) is 58.8 Å². The van der Waals surface area contributed by atoms with Gasteiger partial charge in [0.2, 0.25) is 21.8 Å². The first kappa shape index (κ1) is 19.2. The van der Waals surface area contributed by atoms with E-state index < -0.39 is 10.0 Å². The van der Waals surface area contributed by atoms with Gasteiger partial charge in [-0.15, -0.1) is 0 Å². The van der Waals surface area contributed by atoms with E-state index in [0.29, 0.717) is 19.5 Å². The van der Waals surface area contributed by atoms with Crippen LogP contribution >= 0.6 is 0 Å². The van der Waals surface area contributed by atoms with Gasteiger partial charge in [0.15, 0.2) is 0 Å². The predicted molar refractivity (Wildman–Crippen MR) is 101 cm³/mol. The van der Waals surface area contributed by atoms with Crippen LogP contribution in [0.25, 0.3) is 0 Å². The van der Waals surface area contributed by atoms with E-state index in [0.717, 1.165) is 38.5 Å². The van der Waals surface area contributed by atoms with E-state index in [2.05, 4.69) is 6.92 Å². The van der Waals surface area contributed by atoms with E-state index in [9.17, 15) is 18.0 Å². The van der Waals surface area contributed by atoms with E-state index in [4.69, 9.17) is 0 Å². The van der Waals surface area contributed by atoms with Crippen LogP contribution in [0, 0.1) is 5.41 Å². The van der Waals surface area contributed by atoms with Gasteiger partial charge in [0.1, 0.15) is 0 Å². The molecule has 3 heterocycles. The summed E-state index contributed by atoms with van der Waals surface area (Å²) in [4.78, 5) is 29.5. The summed E-state index contributed by atoms with van der Waals surface area (Å²) < 4.78 is 26.0. The molecule has 0 aromatic rings. The highest BCUT2D eigenvalue weighted by atomic mass is 32.2. The Hall–Kier alpha value is -1.15. The van der Waals surface area contributed by atoms with Crippen molar-refractivity contribution in [3.8, 4) is 0 Å². The van der Waals surface area contributed by atoms with E-state index in [1.54, 1.807) is 6.92 Å². The van der Waals surface area contributed by atoms with Crippen LogP contribution in [0.3, 0.4) is 0 Å². The molecule has 4 fully saturated rings. The maximum absolute atomic E-state index is 13.3. The lowest BCUT2D eigenvalue weighted by Gasteiger charge is -2.46. The Bertz CT molecular complexity index is 739. The van der Waals surface area contributed by atoms with Gasteiger partial charge in [-0.25, -0.2) is 8.42 Å². The van der Waals surface area contributed by atoms with Gasteiger partial charge in [0, 0.05) is 37.5 Å². The highest BCUT2D eigenvalue weighted by Crippen LogP contribution is 2.53. The van der Waals surface area contributed by atoms with E-state index in [1.165, 1.54) is 4.31 Å². The zero-order valence-corrected chi connectivity index (χ0v) is 17.2. The van der Waals surface area contributed by atoms with Crippen LogP contribution < -0.4 is 0 Å². The molecule has 152 valence electrons. The number of amides is 2. The summed E-state index contributed by atoms with van der Waals surface area (Å²) in [5.74, 6) is 0.153. The molecular weight excluding hydrogens is 366 g/mol. The fraction of sp³-hybridized carbons (Fsp3) is 0.895. The number of likely N-dealkylation sites (tertiary alicyclic amines) is 2. The molecule has 0 N–H and O–H groups in total. The summed E-state index contributed by atoms with van der Waals surface area (Å²) in [5.41, 5.74) is -0.0818. The maximum Gasteiger partial charge on any atom is 0.238 e. The monoisotopic (exact) mass is 397 g/mol. The third-order valence-corrected chi connectivity index (χ3v) is 9.28. The minimum Gasteiger partial charge on any atom is -0.337 e. The van der Waals surface area contributed by atoms with Crippen molar-refractivity contribution in [1.29, 1.82) is 0 Å². The predicted octanol–water partition coefficient (Wildman–Crippen LogP) is 1.19. The van der Waals surface area contributed by atoms with Crippen LogP contribution in [0.4, 0.5) is 0 Å². The van der Waals surface area contributed by atoms with Gasteiger partial charge >= 0.3 is 0 Å². The lowest BCUT2D eigenvalue weighted by atomic mass is 9.71. The molecule has 27 heavy (non-hydrogen) atoms. The van der Waals surface area contributed by atoms with Gasteiger partial charge in [0.25, 0.3) is 0 Å². The first-order valence-corrected chi connectivity index (χ1v) is 11.9. The van der Waals surface area contributed by atoms with Crippen LogP contribution in [0.15, 0.2) is 0 Å². The van der Waals surface area contributed by atoms with Crippen LogP contribution in [-0.4, -0.2) is 77.8 Å². The summed E-state index contributed by atoms with van der Waals surface area (Å²) in [6, 6.07) is 0.313. The molecular formula is C19H31N3O4S. The summed E-state index contributed by atoms with van der Waals surface area (Å²) in [6.07, 6.45) is 6.50. The number of carbonyl (C=O) groups is 2. The number of carbonyl (C=O) groups excluding carboxylic acids is 2. The molecule has 7 nitrogen and oxygen atoms in total. The first-order chi connectivity index (χ1) is 12.7. The Morgan fingerprint density at radius 3 is 2.44 bits per heavy atom. The second-order valence-electron chi connectivity index (χ2n) is 9.01. The smallest absolute Gasteiger partial charge is 0.238 e. The quantitative estimate of drug-likeness (QED) is 0.701. The number of sulfonamides is 1.